The SMILES string of the molecule is CCOc1ccc(C(=O)COC(=O)c2ccccc2NC)cc1. The Hall–Kier alpha value is -2.82. The van der Waals surface area contributed by atoms with Crippen LogP contribution in [0.3, 0.4) is 0 Å². The molecule has 2 aromatic rings. The lowest BCUT2D eigenvalue weighted by Crippen LogP contribution is -2.15. The number of rotatable bonds is 7. The largest absolute Gasteiger partial charge is 0.494 e. The first-order chi connectivity index (χ1) is 11.2. The molecule has 0 aliphatic rings. The standard InChI is InChI=1S/C18H19NO4/c1-3-22-14-10-8-13(9-11-14)17(20)12-23-18(21)15-6-4-5-7-16(15)19-2/h4-11,19H,3,12H2,1-2H3. The molecule has 0 atom stereocenters. The number of hydrogen-bond donors (Lipinski definition) is 1. The van der Waals surface area contributed by atoms with Crippen molar-refractivity contribution in [2.45, 2.75) is 6.92 Å². The van der Waals surface area contributed by atoms with Gasteiger partial charge in [-0.05, 0) is 43.3 Å². The third kappa shape index (κ3) is 4.32. The van der Waals surface area contributed by atoms with Gasteiger partial charge in [0.15, 0.2) is 12.4 Å². The van der Waals surface area contributed by atoms with Crippen molar-refractivity contribution < 1.29 is 19.1 Å². The molecule has 0 spiro atoms. The van der Waals surface area contributed by atoms with Gasteiger partial charge in [-0.1, -0.05) is 12.1 Å². The highest BCUT2D eigenvalue weighted by molar-refractivity contribution is 6.00. The van der Waals surface area contributed by atoms with Gasteiger partial charge in [-0.3, -0.25) is 4.79 Å². The topological polar surface area (TPSA) is 64.6 Å². The Labute approximate surface area is 135 Å². The number of benzene rings is 2. The monoisotopic (exact) mass is 313 g/mol. The first-order valence-corrected chi connectivity index (χ1v) is 7.35. The molecule has 0 aromatic heterocycles. The zero-order chi connectivity index (χ0) is 16.7. The summed E-state index contributed by atoms with van der Waals surface area (Å²) in [7, 11) is 1.72. The number of ketones is 1. The Balaban J connectivity index is 1.97. The highest BCUT2D eigenvalue weighted by Crippen LogP contribution is 2.16. The molecule has 0 fully saturated rings. The molecule has 0 aliphatic heterocycles. The molecule has 0 amide bonds. The first-order valence-electron chi connectivity index (χ1n) is 7.35. The van der Waals surface area contributed by atoms with Gasteiger partial charge in [-0.2, -0.15) is 0 Å². The van der Waals surface area contributed by atoms with Crippen LogP contribution in [0.25, 0.3) is 0 Å². The average molecular weight is 313 g/mol. The summed E-state index contributed by atoms with van der Waals surface area (Å²) >= 11 is 0. The molecule has 5 nitrogen and oxygen atoms in total. The maximum absolute atomic E-state index is 12.1. The number of ether oxygens (including phenoxy) is 2. The Morgan fingerprint density at radius 3 is 2.39 bits per heavy atom. The predicted octanol–water partition coefficient (Wildman–Crippen LogP) is 3.17. The zero-order valence-corrected chi connectivity index (χ0v) is 13.2. The lowest BCUT2D eigenvalue weighted by atomic mass is 10.1. The van der Waals surface area contributed by atoms with E-state index < -0.39 is 5.97 Å². The fourth-order valence-electron chi connectivity index (χ4n) is 2.08. The van der Waals surface area contributed by atoms with Crippen LogP contribution in [0.1, 0.15) is 27.6 Å². The van der Waals surface area contributed by atoms with Gasteiger partial charge in [0.05, 0.1) is 12.2 Å². The van der Waals surface area contributed by atoms with Crippen LogP contribution < -0.4 is 10.1 Å². The maximum Gasteiger partial charge on any atom is 0.340 e. The van der Waals surface area contributed by atoms with Crippen molar-refractivity contribution in [3.05, 3.63) is 59.7 Å². The molecular weight excluding hydrogens is 294 g/mol. The van der Waals surface area contributed by atoms with Gasteiger partial charge < -0.3 is 14.8 Å². The number of anilines is 1. The highest BCUT2D eigenvalue weighted by atomic mass is 16.5. The van der Waals surface area contributed by atoms with Gasteiger partial charge in [0.1, 0.15) is 5.75 Å². The molecule has 2 rings (SSSR count). The number of carbonyl (C=O) groups excluding carboxylic acids is 2. The van der Waals surface area contributed by atoms with Crippen LogP contribution in [0.15, 0.2) is 48.5 Å². The lowest BCUT2D eigenvalue weighted by Gasteiger charge is -2.09. The van der Waals surface area contributed by atoms with Crippen LogP contribution in [-0.2, 0) is 4.74 Å². The van der Waals surface area contributed by atoms with Crippen molar-refractivity contribution in [1.29, 1.82) is 0 Å². The van der Waals surface area contributed by atoms with Crippen molar-refractivity contribution in [2.75, 3.05) is 25.6 Å². The maximum atomic E-state index is 12.1. The van der Waals surface area contributed by atoms with Gasteiger partial charge in [0.2, 0.25) is 0 Å². The van der Waals surface area contributed by atoms with Gasteiger partial charge in [0.25, 0.3) is 0 Å². The molecule has 0 bridgehead atoms. The van der Waals surface area contributed by atoms with E-state index in [4.69, 9.17) is 9.47 Å². The molecule has 5 heteroatoms. The lowest BCUT2D eigenvalue weighted by molar-refractivity contribution is 0.0475. The molecule has 0 heterocycles. The quantitative estimate of drug-likeness (QED) is 0.628. The van der Waals surface area contributed by atoms with Crippen LogP contribution in [-0.4, -0.2) is 32.0 Å². The number of Topliss-reactive ketones (excluding diaryl/α,β-unsaturated/α-hetero) is 1. The van der Waals surface area contributed by atoms with Crippen LogP contribution in [0.5, 0.6) is 5.75 Å². The van der Waals surface area contributed by atoms with Gasteiger partial charge in [0, 0.05) is 18.3 Å². The molecule has 1 N–H and O–H groups in total. The fourth-order valence-corrected chi connectivity index (χ4v) is 2.08. The molecule has 120 valence electrons. The summed E-state index contributed by atoms with van der Waals surface area (Å²) in [5.74, 6) is -0.0958. The van der Waals surface area contributed by atoms with Crippen LogP contribution >= 0.6 is 0 Å². The predicted molar refractivity (Wildman–Crippen MR) is 88.2 cm³/mol. The van der Waals surface area contributed by atoms with E-state index in [1.807, 2.05) is 13.0 Å². The minimum atomic E-state index is -0.533. The summed E-state index contributed by atoms with van der Waals surface area (Å²) in [5.41, 5.74) is 1.53. The van der Waals surface area contributed by atoms with E-state index >= 15 is 0 Å². The second-order valence-corrected chi connectivity index (χ2v) is 4.75. The molecule has 0 aliphatic carbocycles. The second kappa shape index (κ2) is 7.98. The Morgan fingerprint density at radius 1 is 1.04 bits per heavy atom. The molecular formula is C18H19NO4. The van der Waals surface area contributed by atoms with Crippen LogP contribution in [0.2, 0.25) is 0 Å². The first kappa shape index (κ1) is 16.5. The third-order valence-electron chi connectivity index (χ3n) is 3.24. The van der Waals surface area contributed by atoms with E-state index in [-0.39, 0.29) is 12.4 Å². The van der Waals surface area contributed by atoms with Crippen molar-refractivity contribution in [1.82, 2.24) is 0 Å². The third-order valence-corrected chi connectivity index (χ3v) is 3.24. The number of hydrogen-bond acceptors (Lipinski definition) is 5. The van der Waals surface area contributed by atoms with E-state index in [2.05, 4.69) is 5.32 Å². The Bertz CT molecular complexity index is 680. The normalized spacial score (nSPS) is 10.0. The molecule has 2 aromatic carbocycles. The summed E-state index contributed by atoms with van der Waals surface area (Å²) in [6.45, 7) is 2.15. The van der Waals surface area contributed by atoms with Crippen molar-refractivity contribution in [3.63, 3.8) is 0 Å². The summed E-state index contributed by atoms with van der Waals surface area (Å²) in [5, 5.41) is 2.91. The molecule has 0 radical (unpaired) electrons. The summed E-state index contributed by atoms with van der Waals surface area (Å²) < 4.78 is 10.4. The molecule has 0 saturated carbocycles. The van der Waals surface area contributed by atoms with Crippen molar-refractivity contribution in [2.24, 2.45) is 0 Å². The van der Waals surface area contributed by atoms with Crippen molar-refractivity contribution >= 4 is 17.4 Å². The number of para-hydroxylation sites is 1. The molecule has 0 unspecified atom stereocenters. The minimum Gasteiger partial charge on any atom is -0.494 e. The fraction of sp³-hybridized carbons (Fsp3) is 0.222. The van der Waals surface area contributed by atoms with Crippen molar-refractivity contribution in [3.8, 4) is 5.75 Å². The van der Waals surface area contributed by atoms with Gasteiger partial charge in [-0.25, -0.2) is 4.79 Å². The number of carbonyl (C=O) groups is 2. The number of nitrogens with one attached hydrogen (secondary N) is 1. The van der Waals surface area contributed by atoms with Gasteiger partial charge >= 0.3 is 5.97 Å². The van der Waals surface area contributed by atoms with E-state index in [1.54, 1.807) is 49.5 Å². The van der Waals surface area contributed by atoms with E-state index in [0.717, 1.165) is 0 Å². The Kier molecular flexibility index (Phi) is 5.74. The van der Waals surface area contributed by atoms with E-state index in [0.29, 0.717) is 29.2 Å². The summed E-state index contributed by atoms with van der Waals surface area (Å²) in [6, 6.07) is 13.7. The van der Waals surface area contributed by atoms with Crippen LogP contribution in [0, 0.1) is 0 Å². The highest BCUT2D eigenvalue weighted by Gasteiger charge is 2.14. The van der Waals surface area contributed by atoms with Crippen LogP contribution in [0.4, 0.5) is 5.69 Å². The summed E-state index contributed by atoms with van der Waals surface area (Å²) in [4.78, 5) is 24.1. The summed E-state index contributed by atoms with van der Waals surface area (Å²) in [6.07, 6.45) is 0. The smallest absolute Gasteiger partial charge is 0.340 e. The minimum absolute atomic E-state index is 0.261. The Morgan fingerprint density at radius 2 is 1.74 bits per heavy atom. The number of esters is 1. The molecule has 0 saturated heterocycles. The van der Waals surface area contributed by atoms with E-state index in [9.17, 15) is 9.59 Å². The average Bonchev–Trinajstić information content (AvgIpc) is 2.60. The van der Waals surface area contributed by atoms with E-state index in [1.165, 1.54) is 0 Å². The molecule has 23 heavy (non-hydrogen) atoms. The second-order valence-electron chi connectivity index (χ2n) is 4.75. The van der Waals surface area contributed by atoms with Gasteiger partial charge in [-0.15, -0.1) is 0 Å². The zero-order valence-electron chi connectivity index (χ0n) is 13.2.